The topological polar surface area (TPSA) is 93.1 Å². The Kier molecular flexibility index (Phi) is 6.50. The summed E-state index contributed by atoms with van der Waals surface area (Å²) < 4.78 is 29.5. The van der Waals surface area contributed by atoms with Gasteiger partial charge in [-0.25, -0.2) is 13.1 Å². The first-order chi connectivity index (χ1) is 13.3. The van der Waals surface area contributed by atoms with Gasteiger partial charge in [0.1, 0.15) is 4.90 Å². The van der Waals surface area contributed by atoms with Gasteiger partial charge in [0.2, 0.25) is 15.9 Å². The quantitative estimate of drug-likeness (QED) is 0.565. The van der Waals surface area contributed by atoms with E-state index in [9.17, 15) is 13.2 Å². The second-order valence-electron chi connectivity index (χ2n) is 6.11. The Bertz CT molecular complexity index is 1050. The van der Waals surface area contributed by atoms with Gasteiger partial charge in [0.25, 0.3) is 0 Å². The number of hydrogen-bond acceptors (Lipinski definition) is 5. The van der Waals surface area contributed by atoms with Crippen LogP contribution < -0.4 is 10.0 Å². The van der Waals surface area contributed by atoms with Crippen LogP contribution in [0.2, 0.25) is 4.34 Å². The maximum absolute atomic E-state index is 12.5. The first kappa shape index (κ1) is 20.5. The molecule has 0 aliphatic carbocycles. The zero-order chi connectivity index (χ0) is 20.1. The Labute approximate surface area is 172 Å². The molecule has 2 N–H and O–H groups in total. The number of aryl methyl sites for hydroxylation is 1. The standard InChI is InChI=1S/C18H19ClN4O3S2/c1-23-12-15(10-20-23)28(25,26)21-11-16(13-5-3-2-4-6-13)22-18(24)9-14-7-8-17(19)27-14/h2-8,10,12,16,21H,9,11H2,1H3,(H,22,24). The highest BCUT2D eigenvalue weighted by molar-refractivity contribution is 7.89. The number of hydrogen-bond donors (Lipinski definition) is 2. The van der Waals surface area contributed by atoms with Gasteiger partial charge >= 0.3 is 0 Å². The van der Waals surface area contributed by atoms with Crippen LogP contribution in [0.25, 0.3) is 0 Å². The molecule has 2 heterocycles. The van der Waals surface area contributed by atoms with Crippen molar-refractivity contribution in [3.05, 3.63) is 69.6 Å². The van der Waals surface area contributed by atoms with Crippen molar-refractivity contribution in [3.8, 4) is 0 Å². The molecule has 1 unspecified atom stereocenters. The van der Waals surface area contributed by atoms with Gasteiger partial charge < -0.3 is 5.32 Å². The molecule has 0 fully saturated rings. The van der Waals surface area contributed by atoms with E-state index in [-0.39, 0.29) is 23.8 Å². The highest BCUT2D eigenvalue weighted by Crippen LogP contribution is 2.22. The molecule has 2 aromatic heterocycles. The molecular weight excluding hydrogens is 420 g/mol. The first-order valence-corrected chi connectivity index (χ1v) is 11.1. The van der Waals surface area contributed by atoms with Gasteiger partial charge in [-0.3, -0.25) is 9.48 Å². The van der Waals surface area contributed by atoms with E-state index in [0.717, 1.165) is 10.4 Å². The van der Waals surface area contributed by atoms with E-state index in [0.29, 0.717) is 4.34 Å². The van der Waals surface area contributed by atoms with Crippen molar-refractivity contribution in [2.75, 3.05) is 6.54 Å². The SMILES string of the molecule is Cn1cc(S(=O)(=O)NCC(NC(=O)Cc2ccc(Cl)s2)c2ccccc2)cn1. The van der Waals surface area contributed by atoms with Gasteiger partial charge in [-0.05, 0) is 17.7 Å². The summed E-state index contributed by atoms with van der Waals surface area (Å²) in [5.41, 5.74) is 0.800. The molecule has 0 saturated heterocycles. The lowest BCUT2D eigenvalue weighted by atomic mass is 10.1. The van der Waals surface area contributed by atoms with Gasteiger partial charge in [-0.1, -0.05) is 41.9 Å². The molecular formula is C18H19ClN4O3S2. The third-order valence-corrected chi connectivity index (χ3v) is 6.58. The van der Waals surface area contributed by atoms with Crippen molar-refractivity contribution < 1.29 is 13.2 Å². The van der Waals surface area contributed by atoms with E-state index in [1.165, 1.54) is 28.4 Å². The summed E-state index contributed by atoms with van der Waals surface area (Å²) in [5.74, 6) is -0.215. The lowest BCUT2D eigenvalue weighted by Crippen LogP contribution is -2.38. The monoisotopic (exact) mass is 438 g/mol. The number of nitrogens with zero attached hydrogens (tertiary/aromatic N) is 2. The minimum atomic E-state index is -3.73. The molecule has 148 valence electrons. The van der Waals surface area contributed by atoms with Crippen LogP contribution in [0, 0.1) is 0 Å². The molecule has 0 saturated carbocycles. The zero-order valence-corrected chi connectivity index (χ0v) is 17.4. The van der Waals surface area contributed by atoms with Crippen LogP contribution in [0.3, 0.4) is 0 Å². The number of aromatic nitrogens is 2. The molecule has 0 radical (unpaired) electrons. The van der Waals surface area contributed by atoms with Gasteiger partial charge in [0, 0.05) is 24.7 Å². The summed E-state index contributed by atoms with van der Waals surface area (Å²) in [6.07, 6.45) is 2.87. The number of benzene rings is 1. The van der Waals surface area contributed by atoms with Crippen molar-refractivity contribution in [1.82, 2.24) is 19.8 Å². The van der Waals surface area contributed by atoms with Crippen molar-refractivity contribution in [2.24, 2.45) is 7.05 Å². The Morgan fingerprint density at radius 2 is 2.00 bits per heavy atom. The normalized spacial score (nSPS) is 12.6. The molecule has 0 aliphatic rings. The number of carbonyl (C=O) groups is 1. The van der Waals surface area contributed by atoms with Crippen molar-refractivity contribution in [2.45, 2.75) is 17.4 Å². The minimum absolute atomic E-state index is 0.0121. The Morgan fingerprint density at radius 3 is 2.61 bits per heavy atom. The minimum Gasteiger partial charge on any atom is -0.348 e. The molecule has 0 spiro atoms. The highest BCUT2D eigenvalue weighted by atomic mass is 35.5. The van der Waals surface area contributed by atoms with E-state index in [2.05, 4.69) is 15.1 Å². The van der Waals surface area contributed by atoms with E-state index < -0.39 is 16.1 Å². The number of nitrogens with one attached hydrogen (secondary N) is 2. The van der Waals surface area contributed by atoms with Crippen molar-refractivity contribution >= 4 is 38.9 Å². The molecule has 28 heavy (non-hydrogen) atoms. The summed E-state index contributed by atoms with van der Waals surface area (Å²) in [4.78, 5) is 13.4. The predicted molar refractivity (Wildman–Crippen MR) is 109 cm³/mol. The highest BCUT2D eigenvalue weighted by Gasteiger charge is 2.21. The fraction of sp³-hybridized carbons (Fsp3) is 0.222. The van der Waals surface area contributed by atoms with Gasteiger partial charge in [0.05, 0.1) is 23.0 Å². The first-order valence-electron chi connectivity index (χ1n) is 8.40. The van der Waals surface area contributed by atoms with E-state index in [4.69, 9.17) is 11.6 Å². The summed E-state index contributed by atoms with van der Waals surface area (Å²) in [6.45, 7) is 0.0121. The average Bonchev–Trinajstić information content (AvgIpc) is 3.28. The van der Waals surface area contributed by atoms with Crippen LogP contribution in [-0.2, 0) is 28.3 Å². The van der Waals surface area contributed by atoms with Gasteiger partial charge in [-0.2, -0.15) is 5.10 Å². The zero-order valence-electron chi connectivity index (χ0n) is 15.0. The van der Waals surface area contributed by atoms with Crippen LogP contribution in [-0.4, -0.2) is 30.7 Å². The lowest BCUT2D eigenvalue weighted by Gasteiger charge is -2.19. The second kappa shape index (κ2) is 8.87. The van der Waals surface area contributed by atoms with E-state index in [1.54, 1.807) is 19.2 Å². The van der Waals surface area contributed by atoms with Crippen LogP contribution in [0.5, 0.6) is 0 Å². The maximum atomic E-state index is 12.5. The van der Waals surface area contributed by atoms with E-state index >= 15 is 0 Å². The summed E-state index contributed by atoms with van der Waals surface area (Å²) in [6, 6.07) is 12.2. The number of amides is 1. The van der Waals surface area contributed by atoms with Crippen LogP contribution >= 0.6 is 22.9 Å². The number of carbonyl (C=O) groups excluding carboxylic acids is 1. The molecule has 10 heteroatoms. The van der Waals surface area contributed by atoms with E-state index in [1.807, 2.05) is 30.3 Å². The third kappa shape index (κ3) is 5.41. The molecule has 7 nitrogen and oxygen atoms in total. The second-order valence-corrected chi connectivity index (χ2v) is 9.68. The average molecular weight is 439 g/mol. The third-order valence-electron chi connectivity index (χ3n) is 3.97. The summed E-state index contributed by atoms with van der Waals surface area (Å²) >= 11 is 7.25. The molecule has 1 amide bonds. The Hall–Kier alpha value is -2.20. The summed E-state index contributed by atoms with van der Waals surface area (Å²) in [5, 5.41) is 6.78. The van der Waals surface area contributed by atoms with Crippen molar-refractivity contribution in [1.29, 1.82) is 0 Å². The Morgan fingerprint density at radius 1 is 1.25 bits per heavy atom. The number of halogens is 1. The number of thiophene rings is 1. The molecule has 3 rings (SSSR count). The smallest absolute Gasteiger partial charge is 0.243 e. The molecule has 0 aliphatic heterocycles. The molecule has 1 atom stereocenters. The molecule has 1 aromatic carbocycles. The van der Waals surface area contributed by atoms with Gasteiger partial charge in [0.15, 0.2) is 0 Å². The van der Waals surface area contributed by atoms with Crippen LogP contribution in [0.15, 0.2) is 59.8 Å². The van der Waals surface area contributed by atoms with Crippen molar-refractivity contribution in [3.63, 3.8) is 0 Å². The molecule has 3 aromatic rings. The fourth-order valence-electron chi connectivity index (χ4n) is 2.60. The fourth-order valence-corrected chi connectivity index (χ4v) is 4.72. The maximum Gasteiger partial charge on any atom is 0.243 e. The number of sulfonamides is 1. The lowest BCUT2D eigenvalue weighted by molar-refractivity contribution is -0.121. The van der Waals surface area contributed by atoms with Crippen LogP contribution in [0.4, 0.5) is 0 Å². The predicted octanol–water partition coefficient (Wildman–Crippen LogP) is 2.51. The van der Waals surface area contributed by atoms with Gasteiger partial charge in [-0.15, -0.1) is 11.3 Å². The van der Waals surface area contributed by atoms with Crippen LogP contribution in [0.1, 0.15) is 16.5 Å². The number of rotatable bonds is 8. The summed E-state index contributed by atoms with van der Waals surface area (Å²) in [7, 11) is -2.09. The largest absolute Gasteiger partial charge is 0.348 e. The molecule has 0 bridgehead atoms. The Balaban J connectivity index is 1.71.